The fourth-order valence-corrected chi connectivity index (χ4v) is 3.19. The number of halogens is 6. The van der Waals surface area contributed by atoms with Gasteiger partial charge in [0, 0.05) is 0 Å². The molecule has 3 nitrogen and oxygen atoms in total. The van der Waals surface area contributed by atoms with Crippen LogP contribution in [0.3, 0.4) is 0 Å². The number of nitrogens with zero attached hydrogens (tertiary/aromatic N) is 1. The molecule has 1 aliphatic rings. The normalized spacial score (nSPS) is 21.3. The van der Waals surface area contributed by atoms with Crippen molar-refractivity contribution < 1.29 is 35.9 Å². The van der Waals surface area contributed by atoms with Crippen molar-refractivity contribution in [3.8, 4) is 0 Å². The molecular formula is C20H19F6NO2. The SMILES string of the molecule is C[C@H]1COC[C@@H](c2ccccc2)N1OCc1cc(C(F)(F)F)cc(C(F)(F)F)c1. The molecule has 2 atom stereocenters. The standard InChI is InChI=1S/C20H19F6NO2/c1-13-10-28-12-18(15-5-3-2-4-6-15)27(13)29-11-14-7-16(19(21,22)23)9-17(8-14)20(24,25)26/h2-9,13,18H,10-12H2,1H3/t13-,18-/m0/s1. The predicted octanol–water partition coefficient (Wildman–Crippen LogP) is 5.62. The Hall–Kier alpha value is -2.10. The summed E-state index contributed by atoms with van der Waals surface area (Å²) in [6, 6.07) is 10.1. The fraction of sp³-hybridized carbons (Fsp3) is 0.400. The number of ether oxygens (including phenoxy) is 1. The summed E-state index contributed by atoms with van der Waals surface area (Å²) in [5.41, 5.74) is -2.06. The Labute approximate surface area is 163 Å². The second kappa shape index (κ2) is 8.33. The van der Waals surface area contributed by atoms with E-state index in [0.29, 0.717) is 25.3 Å². The van der Waals surface area contributed by atoms with E-state index in [-0.39, 0.29) is 23.7 Å². The van der Waals surface area contributed by atoms with Crippen molar-refractivity contribution in [2.24, 2.45) is 0 Å². The highest BCUT2D eigenvalue weighted by Crippen LogP contribution is 2.37. The van der Waals surface area contributed by atoms with Crippen molar-refractivity contribution in [3.63, 3.8) is 0 Å². The molecule has 2 aromatic carbocycles. The van der Waals surface area contributed by atoms with E-state index in [0.717, 1.165) is 5.56 Å². The minimum Gasteiger partial charge on any atom is -0.378 e. The van der Waals surface area contributed by atoms with Gasteiger partial charge >= 0.3 is 12.4 Å². The largest absolute Gasteiger partial charge is 0.416 e. The molecule has 0 unspecified atom stereocenters. The van der Waals surface area contributed by atoms with Crippen molar-refractivity contribution in [2.45, 2.75) is 38.0 Å². The molecule has 0 amide bonds. The lowest BCUT2D eigenvalue weighted by Crippen LogP contribution is -2.45. The second-order valence-electron chi connectivity index (χ2n) is 6.86. The molecule has 0 saturated carbocycles. The van der Waals surface area contributed by atoms with Crippen LogP contribution in [0.1, 0.15) is 35.2 Å². The smallest absolute Gasteiger partial charge is 0.378 e. The summed E-state index contributed by atoms with van der Waals surface area (Å²) >= 11 is 0. The number of hydrogen-bond acceptors (Lipinski definition) is 3. The second-order valence-corrected chi connectivity index (χ2v) is 6.86. The Bertz CT molecular complexity index is 790. The van der Waals surface area contributed by atoms with Crippen LogP contribution in [0.15, 0.2) is 48.5 Å². The highest BCUT2D eigenvalue weighted by atomic mass is 19.4. The van der Waals surface area contributed by atoms with E-state index in [9.17, 15) is 26.3 Å². The molecule has 1 fully saturated rings. The average Bonchev–Trinajstić information content (AvgIpc) is 2.66. The van der Waals surface area contributed by atoms with Crippen LogP contribution in [0.2, 0.25) is 0 Å². The number of alkyl halides is 6. The van der Waals surface area contributed by atoms with Gasteiger partial charge in [0.25, 0.3) is 0 Å². The summed E-state index contributed by atoms with van der Waals surface area (Å²) in [6.45, 7) is 2.01. The van der Waals surface area contributed by atoms with Gasteiger partial charge in [-0.25, -0.2) is 0 Å². The van der Waals surface area contributed by atoms with Crippen LogP contribution in [-0.4, -0.2) is 24.3 Å². The van der Waals surface area contributed by atoms with Gasteiger partial charge in [-0.1, -0.05) is 30.3 Å². The van der Waals surface area contributed by atoms with Gasteiger partial charge in [-0.15, -0.1) is 0 Å². The monoisotopic (exact) mass is 419 g/mol. The lowest BCUT2D eigenvalue weighted by molar-refractivity contribution is -0.260. The maximum Gasteiger partial charge on any atom is 0.416 e. The van der Waals surface area contributed by atoms with Crippen LogP contribution in [0, 0.1) is 0 Å². The van der Waals surface area contributed by atoms with Gasteiger partial charge < -0.3 is 4.74 Å². The van der Waals surface area contributed by atoms with Gasteiger partial charge in [0.05, 0.1) is 43.0 Å². The number of hydrogen-bond donors (Lipinski definition) is 0. The van der Waals surface area contributed by atoms with Crippen LogP contribution in [0.25, 0.3) is 0 Å². The molecule has 9 heteroatoms. The van der Waals surface area contributed by atoms with Gasteiger partial charge in [0.15, 0.2) is 0 Å². The highest BCUT2D eigenvalue weighted by molar-refractivity contribution is 5.33. The molecule has 3 rings (SSSR count). The Kier molecular flexibility index (Phi) is 6.21. The first-order chi connectivity index (χ1) is 13.6. The minimum atomic E-state index is -4.89. The lowest BCUT2D eigenvalue weighted by Gasteiger charge is -2.39. The van der Waals surface area contributed by atoms with Gasteiger partial charge in [0.2, 0.25) is 0 Å². The minimum absolute atomic E-state index is 0.105. The maximum absolute atomic E-state index is 13.0. The zero-order chi connectivity index (χ0) is 21.2. The molecule has 158 valence electrons. The average molecular weight is 419 g/mol. The number of rotatable bonds is 4. The molecule has 0 spiro atoms. The first-order valence-corrected chi connectivity index (χ1v) is 8.88. The Balaban J connectivity index is 1.85. The van der Waals surface area contributed by atoms with Crippen LogP contribution < -0.4 is 0 Å². The van der Waals surface area contributed by atoms with Crippen molar-refractivity contribution in [3.05, 3.63) is 70.8 Å². The number of benzene rings is 2. The van der Waals surface area contributed by atoms with Crippen molar-refractivity contribution in [2.75, 3.05) is 13.2 Å². The van der Waals surface area contributed by atoms with E-state index in [1.807, 2.05) is 37.3 Å². The molecule has 0 aromatic heterocycles. The Morgan fingerprint density at radius 2 is 1.52 bits per heavy atom. The first-order valence-electron chi connectivity index (χ1n) is 8.88. The molecule has 1 aliphatic heterocycles. The fourth-order valence-electron chi connectivity index (χ4n) is 3.19. The number of morpholine rings is 1. The molecule has 1 heterocycles. The van der Waals surface area contributed by atoms with E-state index < -0.39 is 30.1 Å². The Morgan fingerprint density at radius 1 is 0.931 bits per heavy atom. The summed E-state index contributed by atoms with van der Waals surface area (Å²) in [7, 11) is 0. The predicted molar refractivity (Wildman–Crippen MR) is 92.5 cm³/mol. The van der Waals surface area contributed by atoms with E-state index in [2.05, 4.69) is 0 Å². The third-order valence-electron chi connectivity index (χ3n) is 4.59. The van der Waals surface area contributed by atoms with Gasteiger partial charge in [-0.05, 0) is 36.2 Å². The van der Waals surface area contributed by atoms with Crippen LogP contribution >= 0.6 is 0 Å². The van der Waals surface area contributed by atoms with E-state index in [1.54, 1.807) is 5.06 Å². The molecule has 0 bridgehead atoms. The summed E-state index contributed by atoms with van der Waals surface area (Å²) in [6.07, 6.45) is -9.79. The van der Waals surface area contributed by atoms with E-state index in [4.69, 9.17) is 9.57 Å². The quantitative estimate of drug-likeness (QED) is 0.601. The molecule has 2 aromatic rings. The van der Waals surface area contributed by atoms with Gasteiger partial charge in [0.1, 0.15) is 0 Å². The van der Waals surface area contributed by atoms with Crippen molar-refractivity contribution in [1.82, 2.24) is 5.06 Å². The zero-order valence-corrected chi connectivity index (χ0v) is 15.4. The first kappa shape index (κ1) is 21.6. The molecule has 0 aliphatic carbocycles. The highest BCUT2D eigenvalue weighted by Gasteiger charge is 2.37. The van der Waals surface area contributed by atoms with E-state index >= 15 is 0 Å². The summed E-state index contributed by atoms with van der Waals surface area (Å²) in [5, 5.41) is 1.58. The third-order valence-corrected chi connectivity index (χ3v) is 4.59. The van der Waals surface area contributed by atoms with E-state index in [1.165, 1.54) is 0 Å². The topological polar surface area (TPSA) is 21.7 Å². The van der Waals surface area contributed by atoms with Gasteiger partial charge in [-0.2, -0.15) is 31.4 Å². The number of hydroxylamine groups is 2. The van der Waals surface area contributed by atoms with Crippen molar-refractivity contribution in [1.29, 1.82) is 0 Å². The maximum atomic E-state index is 13.0. The molecule has 0 N–H and O–H groups in total. The molecule has 1 saturated heterocycles. The Morgan fingerprint density at radius 3 is 2.07 bits per heavy atom. The molecular weight excluding hydrogens is 400 g/mol. The van der Waals surface area contributed by atoms with Gasteiger partial charge in [-0.3, -0.25) is 4.84 Å². The lowest BCUT2D eigenvalue weighted by atomic mass is 10.0. The third kappa shape index (κ3) is 5.29. The summed E-state index contributed by atoms with van der Waals surface area (Å²) < 4.78 is 83.8. The summed E-state index contributed by atoms with van der Waals surface area (Å²) in [4.78, 5) is 5.70. The zero-order valence-electron chi connectivity index (χ0n) is 15.4. The van der Waals surface area contributed by atoms with Crippen molar-refractivity contribution >= 4 is 0 Å². The molecule has 29 heavy (non-hydrogen) atoms. The molecule has 0 radical (unpaired) electrons. The van der Waals surface area contributed by atoms with Crippen LogP contribution in [-0.2, 0) is 28.5 Å². The van der Waals surface area contributed by atoms with Crippen LogP contribution in [0.4, 0.5) is 26.3 Å². The van der Waals surface area contributed by atoms with Crippen LogP contribution in [0.5, 0.6) is 0 Å². The summed E-state index contributed by atoms with van der Waals surface area (Å²) in [5.74, 6) is 0.